The lowest BCUT2D eigenvalue weighted by Crippen LogP contribution is -2.38. The minimum atomic E-state index is 0.0150. The zero-order valence-corrected chi connectivity index (χ0v) is 16.5. The van der Waals surface area contributed by atoms with E-state index < -0.39 is 0 Å². The molecule has 0 bridgehead atoms. The summed E-state index contributed by atoms with van der Waals surface area (Å²) in [5, 5.41) is 6.41. The van der Waals surface area contributed by atoms with Crippen molar-refractivity contribution >= 4 is 5.91 Å². The third-order valence-corrected chi connectivity index (χ3v) is 6.02. The molecule has 5 nitrogen and oxygen atoms in total. The maximum Gasteiger partial charge on any atom is 0.251 e. The van der Waals surface area contributed by atoms with Gasteiger partial charge < -0.3 is 10.6 Å². The van der Waals surface area contributed by atoms with E-state index in [1.165, 1.54) is 5.56 Å². The highest BCUT2D eigenvalue weighted by Gasteiger charge is 2.28. The van der Waals surface area contributed by atoms with Gasteiger partial charge in [-0.15, -0.1) is 0 Å². The van der Waals surface area contributed by atoms with Crippen molar-refractivity contribution in [1.82, 2.24) is 20.4 Å². The van der Waals surface area contributed by atoms with Gasteiger partial charge >= 0.3 is 0 Å². The second-order valence-electron chi connectivity index (χ2n) is 8.04. The van der Waals surface area contributed by atoms with Crippen LogP contribution in [0.5, 0.6) is 0 Å². The molecule has 0 aliphatic carbocycles. The van der Waals surface area contributed by atoms with Crippen LogP contribution in [-0.4, -0.2) is 35.3 Å². The molecule has 0 radical (unpaired) electrons. The summed E-state index contributed by atoms with van der Waals surface area (Å²) >= 11 is 0. The van der Waals surface area contributed by atoms with Gasteiger partial charge in [0.15, 0.2) is 0 Å². The lowest BCUT2D eigenvalue weighted by atomic mass is 9.96. The molecule has 2 N–H and O–H groups in total. The quantitative estimate of drug-likeness (QED) is 0.817. The van der Waals surface area contributed by atoms with Gasteiger partial charge in [-0.3, -0.25) is 14.6 Å². The first kappa shape index (κ1) is 18.0. The van der Waals surface area contributed by atoms with E-state index in [9.17, 15) is 4.79 Å². The van der Waals surface area contributed by atoms with Crippen molar-refractivity contribution in [2.24, 2.45) is 5.92 Å². The number of piperidine rings is 1. The van der Waals surface area contributed by atoms with Crippen LogP contribution in [0.1, 0.15) is 18.4 Å². The van der Waals surface area contributed by atoms with Crippen molar-refractivity contribution in [3.05, 3.63) is 95.3 Å². The second kappa shape index (κ2) is 7.76. The van der Waals surface area contributed by atoms with Crippen molar-refractivity contribution in [2.45, 2.75) is 19.4 Å². The molecule has 0 unspecified atom stereocenters. The third kappa shape index (κ3) is 3.78. The Morgan fingerprint density at radius 1 is 1.10 bits per heavy atom. The number of likely N-dealkylation sites (tertiary alicyclic amines) is 1. The molecule has 4 aliphatic heterocycles. The number of hydrogen-bond donors (Lipinski definition) is 2. The van der Waals surface area contributed by atoms with E-state index in [0.717, 1.165) is 61.8 Å². The van der Waals surface area contributed by atoms with E-state index in [0.29, 0.717) is 5.92 Å². The number of carbonyl (C=O) groups excluding carboxylic acids is 1. The Morgan fingerprint density at radius 3 is 2.76 bits per heavy atom. The summed E-state index contributed by atoms with van der Waals surface area (Å²) in [6.45, 7) is 3.95. The van der Waals surface area contributed by atoms with Gasteiger partial charge in [0.1, 0.15) is 5.82 Å². The van der Waals surface area contributed by atoms with Crippen molar-refractivity contribution < 1.29 is 4.79 Å². The Morgan fingerprint density at radius 2 is 1.93 bits per heavy atom. The average Bonchev–Trinajstić information content (AvgIpc) is 3.18. The van der Waals surface area contributed by atoms with E-state index in [-0.39, 0.29) is 5.91 Å². The van der Waals surface area contributed by atoms with Crippen LogP contribution in [0.15, 0.2) is 89.7 Å². The van der Waals surface area contributed by atoms with Gasteiger partial charge in [0, 0.05) is 30.6 Å². The molecule has 5 rings (SSSR count). The lowest BCUT2D eigenvalue weighted by molar-refractivity contribution is -0.117. The molecule has 0 saturated carbocycles. The Bertz CT molecular complexity index is 946. The van der Waals surface area contributed by atoms with Crippen molar-refractivity contribution in [3.8, 4) is 0 Å². The van der Waals surface area contributed by atoms with Crippen molar-refractivity contribution in [1.29, 1.82) is 0 Å². The molecule has 4 aliphatic rings. The van der Waals surface area contributed by atoms with Crippen molar-refractivity contribution in [3.63, 3.8) is 0 Å². The van der Waals surface area contributed by atoms with Crippen LogP contribution in [0.4, 0.5) is 0 Å². The van der Waals surface area contributed by atoms with E-state index in [1.54, 1.807) is 0 Å². The Hall–Kier alpha value is -3.05. The smallest absolute Gasteiger partial charge is 0.251 e. The monoisotopic (exact) mass is 386 g/mol. The number of nitrogens with one attached hydrogen (secondary N) is 2. The third-order valence-electron chi connectivity index (χ3n) is 6.02. The highest BCUT2D eigenvalue weighted by molar-refractivity contribution is 5.97. The van der Waals surface area contributed by atoms with Crippen LogP contribution >= 0.6 is 0 Å². The molecule has 148 valence electrons. The minimum absolute atomic E-state index is 0.0150. The van der Waals surface area contributed by atoms with Crippen LogP contribution in [-0.2, 0) is 11.3 Å². The fourth-order valence-electron chi connectivity index (χ4n) is 4.38. The summed E-state index contributed by atoms with van der Waals surface area (Å²) in [7, 11) is 0. The molecule has 29 heavy (non-hydrogen) atoms. The molecule has 0 spiro atoms. The van der Waals surface area contributed by atoms with E-state index >= 15 is 0 Å². The molecular formula is C24H26N4O. The Kier molecular flexibility index (Phi) is 4.82. The largest absolute Gasteiger partial charge is 0.352 e. The number of allylic oxidation sites excluding steroid dienone is 4. The maximum atomic E-state index is 12.8. The van der Waals surface area contributed by atoms with E-state index in [4.69, 9.17) is 0 Å². The van der Waals surface area contributed by atoms with Gasteiger partial charge in [-0.05, 0) is 61.7 Å². The van der Waals surface area contributed by atoms with E-state index in [2.05, 4.69) is 50.8 Å². The number of rotatable bonds is 5. The van der Waals surface area contributed by atoms with E-state index in [1.807, 2.05) is 36.6 Å². The molecule has 5 heteroatoms. The number of hydrogen-bond acceptors (Lipinski definition) is 4. The average molecular weight is 386 g/mol. The fourth-order valence-corrected chi connectivity index (χ4v) is 4.38. The van der Waals surface area contributed by atoms with Crippen LogP contribution in [0.3, 0.4) is 0 Å². The zero-order chi connectivity index (χ0) is 19.6. The van der Waals surface area contributed by atoms with Gasteiger partial charge in [-0.2, -0.15) is 0 Å². The van der Waals surface area contributed by atoms with Crippen molar-refractivity contribution in [2.75, 3.05) is 19.6 Å². The molecule has 4 heterocycles. The van der Waals surface area contributed by atoms with Crippen LogP contribution in [0, 0.1) is 5.92 Å². The second-order valence-corrected chi connectivity index (χ2v) is 8.04. The van der Waals surface area contributed by atoms with Gasteiger partial charge in [0.2, 0.25) is 0 Å². The fraction of sp³-hybridized carbons (Fsp3) is 0.292. The summed E-state index contributed by atoms with van der Waals surface area (Å²) in [5.41, 5.74) is 4.13. The summed E-state index contributed by atoms with van der Waals surface area (Å²) < 4.78 is 0. The first-order valence-electron chi connectivity index (χ1n) is 10.4. The van der Waals surface area contributed by atoms with Crippen LogP contribution in [0.25, 0.3) is 0 Å². The molecule has 1 fully saturated rings. The first-order valence-corrected chi connectivity index (χ1v) is 10.4. The highest BCUT2D eigenvalue weighted by atomic mass is 16.1. The normalized spacial score (nSPS) is 20.9. The van der Waals surface area contributed by atoms with Gasteiger partial charge in [0.25, 0.3) is 5.91 Å². The summed E-state index contributed by atoms with van der Waals surface area (Å²) in [6, 6.07) is 10.6. The van der Waals surface area contributed by atoms with Gasteiger partial charge in [-0.25, -0.2) is 0 Å². The number of nitrogens with zero attached hydrogens (tertiary/aromatic N) is 2. The maximum absolute atomic E-state index is 12.8. The number of amides is 1. The summed E-state index contributed by atoms with van der Waals surface area (Å²) in [6.07, 6.45) is 14.2. The lowest BCUT2D eigenvalue weighted by Gasteiger charge is -2.32. The van der Waals surface area contributed by atoms with Crippen LogP contribution in [0.2, 0.25) is 0 Å². The molecule has 0 aromatic heterocycles. The summed E-state index contributed by atoms with van der Waals surface area (Å²) in [5.74, 6) is 1.60. The zero-order valence-electron chi connectivity index (χ0n) is 16.5. The predicted molar refractivity (Wildman–Crippen MR) is 114 cm³/mol. The number of carbonyl (C=O) groups is 1. The SMILES string of the molecule is O=C(NCC1CCN(Cc2ccccc2)CC1)C1=CC2=CNC3=CC=CC(=C1)N23. The van der Waals surface area contributed by atoms with Gasteiger partial charge in [0.05, 0.1) is 5.70 Å². The summed E-state index contributed by atoms with van der Waals surface area (Å²) in [4.78, 5) is 17.4. The molecule has 0 atom stereocenters. The Labute approximate surface area is 171 Å². The van der Waals surface area contributed by atoms with Gasteiger partial charge in [-0.1, -0.05) is 36.4 Å². The molecule has 1 saturated heterocycles. The first-order chi connectivity index (χ1) is 14.3. The molecular weight excluding hydrogens is 360 g/mol. The number of benzene rings is 1. The topological polar surface area (TPSA) is 47.6 Å². The molecule has 1 amide bonds. The molecule has 1 aromatic rings. The van der Waals surface area contributed by atoms with Crippen LogP contribution < -0.4 is 10.6 Å². The molecule has 1 aromatic carbocycles. The Balaban J connectivity index is 1.13. The highest BCUT2D eigenvalue weighted by Crippen LogP contribution is 2.33. The minimum Gasteiger partial charge on any atom is -0.352 e. The predicted octanol–water partition coefficient (Wildman–Crippen LogP) is 3.00. The standard InChI is InChI=1S/C24H26N4O/c29-24(20-13-21-7-4-8-23-25-16-22(14-20)28(21)23)26-15-18-9-11-27(12-10-18)17-19-5-2-1-3-6-19/h1-8,13-14,16,18,25H,9-12,15,17H2,(H,26,29).